The van der Waals surface area contributed by atoms with Crippen LogP contribution >= 0.6 is 11.8 Å². The molecule has 0 aliphatic rings. The van der Waals surface area contributed by atoms with E-state index < -0.39 is 5.25 Å². The van der Waals surface area contributed by atoms with Gasteiger partial charge in [-0.2, -0.15) is 5.26 Å². The Balaban J connectivity index is 1.85. The van der Waals surface area contributed by atoms with Crippen molar-refractivity contribution in [1.29, 1.82) is 5.26 Å². The van der Waals surface area contributed by atoms with Crippen LogP contribution in [0.5, 0.6) is 17.2 Å². The fourth-order valence-electron chi connectivity index (χ4n) is 4.21. The predicted octanol–water partition coefficient (Wildman–Crippen LogP) is 6.53. The molecule has 2 aromatic heterocycles. The van der Waals surface area contributed by atoms with E-state index in [-0.39, 0.29) is 5.91 Å². The van der Waals surface area contributed by atoms with E-state index in [9.17, 15) is 10.1 Å². The van der Waals surface area contributed by atoms with Gasteiger partial charge in [0.15, 0.2) is 11.5 Å². The minimum absolute atomic E-state index is 0.209. The summed E-state index contributed by atoms with van der Waals surface area (Å²) in [6.45, 7) is 3.81. The van der Waals surface area contributed by atoms with E-state index in [1.165, 1.54) is 18.9 Å². The number of aryl methyl sites for hydroxylation is 1. The summed E-state index contributed by atoms with van der Waals surface area (Å²) in [6.07, 6.45) is 2.16. The van der Waals surface area contributed by atoms with Crippen LogP contribution in [0.2, 0.25) is 0 Å². The highest BCUT2D eigenvalue weighted by Gasteiger charge is 2.25. The molecule has 8 nitrogen and oxygen atoms in total. The maximum absolute atomic E-state index is 13.3. The molecule has 0 radical (unpaired) electrons. The van der Waals surface area contributed by atoms with Crippen LogP contribution in [0, 0.1) is 18.3 Å². The zero-order valence-corrected chi connectivity index (χ0v) is 23.8. The van der Waals surface area contributed by atoms with E-state index >= 15 is 0 Å². The fourth-order valence-corrected chi connectivity index (χ4v) is 5.23. The van der Waals surface area contributed by atoms with Gasteiger partial charge in [0.05, 0.1) is 37.8 Å². The second-order valence-electron chi connectivity index (χ2n) is 8.80. The minimum Gasteiger partial charge on any atom is -0.493 e. The van der Waals surface area contributed by atoms with Gasteiger partial charge < -0.3 is 19.5 Å². The molecule has 2 heterocycles. The van der Waals surface area contributed by atoms with Gasteiger partial charge in [-0.15, -0.1) is 0 Å². The number of anilines is 1. The molecule has 4 aromatic rings. The Kier molecular flexibility index (Phi) is 9.25. The Morgan fingerprint density at radius 1 is 1.00 bits per heavy atom. The number of nitrogens with one attached hydrogen (secondary N) is 1. The van der Waals surface area contributed by atoms with E-state index in [2.05, 4.69) is 16.4 Å². The predicted molar refractivity (Wildman–Crippen MR) is 157 cm³/mol. The molecule has 1 N–H and O–H groups in total. The monoisotopic (exact) mass is 554 g/mol. The van der Waals surface area contributed by atoms with Crippen LogP contribution in [0.25, 0.3) is 22.4 Å². The van der Waals surface area contributed by atoms with Crippen molar-refractivity contribution in [3.05, 3.63) is 78.0 Å². The van der Waals surface area contributed by atoms with Gasteiger partial charge in [0.2, 0.25) is 11.7 Å². The lowest BCUT2D eigenvalue weighted by Crippen LogP contribution is -2.25. The quantitative estimate of drug-likeness (QED) is 0.221. The number of methoxy groups -OCH3 is 3. The molecule has 0 spiro atoms. The molecule has 0 fully saturated rings. The summed E-state index contributed by atoms with van der Waals surface area (Å²) in [7, 11) is 4.63. The fraction of sp³-hybridized carbons (Fsp3) is 0.226. The molecule has 0 bridgehead atoms. The Labute approximate surface area is 238 Å². The van der Waals surface area contributed by atoms with Gasteiger partial charge in [-0.1, -0.05) is 55.1 Å². The van der Waals surface area contributed by atoms with E-state index in [4.69, 9.17) is 19.2 Å². The molecule has 9 heteroatoms. The third kappa shape index (κ3) is 6.03. The Morgan fingerprint density at radius 2 is 1.70 bits per heavy atom. The van der Waals surface area contributed by atoms with Gasteiger partial charge in [-0.25, -0.2) is 9.97 Å². The van der Waals surface area contributed by atoms with E-state index in [0.29, 0.717) is 56.9 Å². The lowest BCUT2D eigenvalue weighted by atomic mass is 9.98. The molecular weight excluding hydrogens is 524 g/mol. The first-order chi connectivity index (χ1) is 19.4. The number of carbonyl (C=O) groups excluding carboxylic acids is 1. The first kappa shape index (κ1) is 28.5. The zero-order chi connectivity index (χ0) is 28.6. The molecule has 0 aliphatic carbocycles. The smallest absolute Gasteiger partial charge is 0.239 e. The first-order valence-corrected chi connectivity index (χ1v) is 13.5. The standard InChI is InChI=1S/C31H30N4O4S/c1-6-27(30(36)35-29-19(2)11-10-14-33-29)40-31-23(18-32)22(17-24(34-31)20-12-8-7-9-13-20)21-15-25(37-3)28(39-5)26(16-21)38-4/h7-17,27H,6H2,1-5H3,(H,33,35,36). The second-order valence-corrected chi connectivity index (χ2v) is 9.99. The molecule has 40 heavy (non-hydrogen) atoms. The summed E-state index contributed by atoms with van der Waals surface area (Å²) in [5, 5.41) is 13.2. The highest BCUT2D eigenvalue weighted by molar-refractivity contribution is 8.00. The molecular formula is C31H30N4O4S. The van der Waals surface area contributed by atoms with Crippen LogP contribution in [0.4, 0.5) is 5.82 Å². The number of pyridine rings is 2. The number of thioether (sulfide) groups is 1. The third-order valence-corrected chi connectivity index (χ3v) is 7.66. The van der Waals surface area contributed by atoms with Crippen LogP contribution < -0.4 is 19.5 Å². The third-order valence-electron chi connectivity index (χ3n) is 6.31. The van der Waals surface area contributed by atoms with Crippen molar-refractivity contribution >= 4 is 23.5 Å². The number of amides is 1. The van der Waals surface area contributed by atoms with Gasteiger partial charge in [0.25, 0.3) is 0 Å². The largest absolute Gasteiger partial charge is 0.493 e. The number of nitrogens with zero attached hydrogens (tertiary/aromatic N) is 3. The number of ether oxygens (including phenoxy) is 3. The number of rotatable bonds is 10. The van der Waals surface area contributed by atoms with Crippen molar-refractivity contribution in [1.82, 2.24) is 9.97 Å². The molecule has 2 aromatic carbocycles. The molecule has 0 aliphatic heterocycles. The summed E-state index contributed by atoms with van der Waals surface area (Å²) in [5.41, 5.74) is 4.08. The van der Waals surface area contributed by atoms with Crippen LogP contribution in [0.3, 0.4) is 0 Å². The van der Waals surface area contributed by atoms with Crippen LogP contribution in [-0.2, 0) is 4.79 Å². The Bertz CT molecular complexity index is 1530. The Morgan fingerprint density at radius 3 is 2.27 bits per heavy atom. The molecule has 0 saturated heterocycles. The van der Waals surface area contributed by atoms with Gasteiger partial charge in [0, 0.05) is 17.3 Å². The maximum atomic E-state index is 13.3. The molecule has 4 rings (SSSR count). The lowest BCUT2D eigenvalue weighted by Gasteiger charge is -2.19. The number of benzene rings is 2. The molecule has 0 saturated carbocycles. The van der Waals surface area contributed by atoms with Gasteiger partial charge in [-0.3, -0.25) is 4.79 Å². The minimum atomic E-state index is -0.514. The van der Waals surface area contributed by atoms with Gasteiger partial charge in [0.1, 0.15) is 16.9 Å². The van der Waals surface area contributed by atoms with Crippen molar-refractivity contribution < 1.29 is 19.0 Å². The normalized spacial score (nSPS) is 11.3. The number of aromatic nitrogens is 2. The van der Waals surface area contributed by atoms with Crippen molar-refractivity contribution in [2.75, 3.05) is 26.6 Å². The second kappa shape index (κ2) is 13.0. The number of hydrogen-bond donors (Lipinski definition) is 1. The van der Waals surface area contributed by atoms with Crippen LogP contribution in [0.1, 0.15) is 24.5 Å². The van der Waals surface area contributed by atoms with Gasteiger partial charge >= 0.3 is 0 Å². The van der Waals surface area contributed by atoms with Crippen molar-refractivity contribution in [3.8, 4) is 45.7 Å². The zero-order valence-electron chi connectivity index (χ0n) is 23.0. The van der Waals surface area contributed by atoms with Crippen molar-refractivity contribution in [2.45, 2.75) is 30.5 Å². The Hall–Kier alpha value is -4.55. The maximum Gasteiger partial charge on any atom is 0.239 e. The SMILES string of the molecule is CCC(Sc1nc(-c2ccccc2)cc(-c2cc(OC)c(OC)c(OC)c2)c1C#N)C(=O)Nc1ncccc1C. The summed E-state index contributed by atoms with van der Waals surface area (Å²) >= 11 is 1.26. The average molecular weight is 555 g/mol. The lowest BCUT2D eigenvalue weighted by molar-refractivity contribution is -0.115. The average Bonchev–Trinajstić information content (AvgIpc) is 2.99. The molecule has 1 unspecified atom stereocenters. The number of carbonyl (C=O) groups is 1. The van der Waals surface area contributed by atoms with E-state index in [1.807, 2.05) is 62.4 Å². The van der Waals surface area contributed by atoms with Gasteiger partial charge in [-0.05, 0) is 48.7 Å². The molecule has 1 amide bonds. The topological polar surface area (TPSA) is 106 Å². The van der Waals surface area contributed by atoms with Crippen molar-refractivity contribution in [3.63, 3.8) is 0 Å². The first-order valence-electron chi connectivity index (χ1n) is 12.6. The van der Waals surface area contributed by atoms with E-state index in [0.717, 1.165) is 11.1 Å². The van der Waals surface area contributed by atoms with Crippen LogP contribution in [0.15, 0.2) is 71.9 Å². The summed E-state index contributed by atoms with van der Waals surface area (Å²) in [5.74, 6) is 1.68. The number of nitriles is 1. The summed E-state index contributed by atoms with van der Waals surface area (Å²) < 4.78 is 16.6. The van der Waals surface area contributed by atoms with Crippen LogP contribution in [-0.4, -0.2) is 42.5 Å². The summed E-state index contributed by atoms with van der Waals surface area (Å²) in [6, 6.07) is 21.2. The highest BCUT2D eigenvalue weighted by Crippen LogP contribution is 2.44. The molecule has 204 valence electrons. The van der Waals surface area contributed by atoms with Crippen molar-refractivity contribution in [2.24, 2.45) is 0 Å². The van der Waals surface area contributed by atoms with E-state index in [1.54, 1.807) is 32.5 Å². The summed E-state index contributed by atoms with van der Waals surface area (Å²) in [4.78, 5) is 22.5. The molecule has 1 atom stereocenters. The highest BCUT2D eigenvalue weighted by atomic mass is 32.2. The number of hydrogen-bond acceptors (Lipinski definition) is 8.